The third kappa shape index (κ3) is 10.5. The lowest BCUT2D eigenvalue weighted by Gasteiger charge is -2.32. The van der Waals surface area contributed by atoms with Gasteiger partial charge in [0.05, 0.1) is 24.9 Å². The number of nitrogens with zero attached hydrogens (tertiary/aromatic N) is 1. The van der Waals surface area contributed by atoms with Gasteiger partial charge in [-0.25, -0.2) is 8.42 Å². The van der Waals surface area contributed by atoms with Gasteiger partial charge >= 0.3 is 0 Å². The van der Waals surface area contributed by atoms with Crippen molar-refractivity contribution in [2.24, 2.45) is 11.8 Å². The van der Waals surface area contributed by atoms with Crippen molar-refractivity contribution in [3.05, 3.63) is 35.9 Å². The summed E-state index contributed by atoms with van der Waals surface area (Å²) in [6, 6.07) is 7.84. The molecule has 1 aromatic carbocycles. The Balaban J connectivity index is 3.16. The van der Waals surface area contributed by atoms with Crippen LogP contribution < -0.4 is 16.0 Å². The van der Waals surface area contributed by atoms with Crippen LogP contribution in [0.1, 0.15) is 39.7 Å². The van der Waals surface area contributed by atoms with Crippen LogP contribution in [0.25, 0.3) is 0 Å². The molecule has 0 aliphatic carbocycles. The summed E-state index contributed by atoms with van der Waals surface area (Å²) < 4.78 is 25.8. The molecule has 0 bridgehead atoms. The van der Waals surface area contributed by atoms with Gasteiger partial charge in [-0.05, 0) is 30.9 Å². The predicted octanol–water partition coefficient (Wildman–Crippen LogP) is 0.743. The van der Waals surface area contributed by atoms with Crippen molar-refractivity contribution in [2.75, 3.05) is 32.9 Å². The fourth-order valence-electron chi connectivity index (χ4n) is 3.60. The van der Waals surface area contributed by atoms with E-state index in [9.17, 15) is 23.1 Å². The molecule has 4 N–H and O–H groups in total. The first-order valence-electron chi connectivity index (χ1n) is 11.8. The molecule has 0 spiro atoms. The summed E-state index contributed by atoms with van der Waals surface area (Å²) in [5.74, 6) is -0.776. The summed E-state index contributed by atoms with van der Waals surface area (Å²) in [5.41, 5.74) is 0.890. The molecule has 1 rings (SSSR count). The summed E-state index contributed by atoms with van der Waals surface area (Å²) in [6.07, 6.45) is 0.941. The maximum atomic E-state index is 13.3. The molecule has 9 nitrogen and oxygen atoms in total. The minimum atomic E-state index is -3.55. The zero-order valence-electron chi connectivity index (χ0n) is 21.2. The number of rotatable bonds is 15. The quantitative estimate of drug-likeness (QED) is 0.282. The predicted molar refractivity (Wildman–Crippen MR) is 135 cm³/mol. The number of carbonyl (C=O) groups is 2. The highest BCUT2D eigenvalue weighted by Gasteiger charge is 2.32. The van der Waals surface area contributed by atoms with Crippen LogP contribution in [0.3, 0.4) is 0 Å². The number of amides is 2. The van der Waals surface area contributed by atoms with E-state index in [1.165, 1.54) is 4.31 Å². The average Bonchev–Trinajstić information content (AvgIpc) is 2.75. The number of sulfonamides is 1. The zero-order chi connectivity index (χ0) is 25.9. The van der Waals surface area contributed by atoms with Crippen molar-refractivity contribution in [2.45, 2.75) is 58.7 Å². The molecule has 0 aliphatic rings. The van der Waals surface area contributed by atoms with E-state index in [1.54, 1.807) is 7.05 Å². The SMILES string of the molecule is CCC(C)[C@H](NC(=O)CNC)C(=O)N[C@@H](Cc1ccccc1)[C@H](O)CN(CC(C)C)S(C)(=O)=O. The maximum Gasteiger partial charge on any atom is 0.243 e. The van der Waals surface area contributed by atoms with E-state index >= 15 is 0 Å². The number of nitrogens with one attached hydrogen (secondary N) is 3. The second-order valence-corrected chi connectivity index (χ2v) is 11.3. The molecule has 0 aliphatic heterocycles. The van der Waals surface area contributed by atoms with Gasteiger partial charge in [0, 0.05) is 13.1 Å². The van der Waals surface area contributed by atoms with E-state index in [0.717, 1.165) is 11.8 Å². The van der Waals surface area contributed by atoms with Gasteiger partial charge in [-0.15, -0.1) is 0 Å². The van der Waals surface area contributed by atoms with Gasteiger partial charge in [0.25, 0.3) is 0 Å². The Hall–Kier alpha value is -2.01. The van der Waals surface area contributed by atoms with Gasteiger partial charge in [-0.1, -0.05) is 64.4 Å². The van der Waals surface area contributed by atoms with Crippen molar-refractivity contribution in [3.8, 4) is 0 Å². The maximum absolute atomic E-state index is 13.3. The minimum Gasteiger partial charge on any atom is -0.390 e. The Bertz CT molecular complexity index is 863. The molecular weight excluding hydrogens is 456 g/mol. The van der Waals surface area contributed by atoms with Crippen molar-refractivity contribution < 1.29 is 23.1 Å². The standard InChI is InChI=1S/C24H42N4O5S/c1-7-18(4)23(27-22(30)14-25-5)24(31)26-20(13-19-11-9-8-10-12-19)21(29)16-28(15-17(2)3)34(6,32)33/h8-12,17-18,20-21,23,25,29H,7,13-16H2,1-6H3,(H,26,31)(H,27,30)/t18?,20-,21+,23-/m0/s1. The molecule has 0 aromatic heterocycles. The van der Waals surface area contributed by atoms with Crippen molar-refractivity contribution in [1.82, 2.24) is 20.3 Å². The van der Waals surface area contributed by atoms with E-state index in [-0.39, 0.29) is 37.4 Å². The highest BCUT2D eigenvalue weighted by atomic mass is 32.2. The normalized spacial score (nSPS) is 15.6. The first-order valence-corrected chi connectivity index (χ1v) is 13.6. The van der Waals surface area contributed by atoms with Crippen LogP contribution in [0.5, 0.6) is 0 Å². The molecular formula is C24H42N4O5S. The van der Waals surface area contributed by atoms with E-state index in [1.807, 2.05) is 58.0 Å². The molecule has 2 amide bonds. The Morgan fingerprint density at radius 3 is 2.18 bits per heavy atom. The second-order valence-electron chi connectivity index (χ2n) is 9.31. The first kappa shape index (κ1) is 30.0. The summed E-state index contributed by atoms with van der Waals surface area (Å²) >= 11 is 0. The number of likely N-dealkylation sites (N-methyl/N-ethyl adjacent to an activating group) is 1. The summed E-state index contributed by atoms with van der Waals surface area (Å²) in [7, 11) is -1.90. The molecule has 0 saturated carbocycles. The van der Waals surface area contributed by atoms with Crippen molar-refractivity contribution >= 4 is 21.8 Å². The van der Waals surface area contributed by atoms with Crippen molar-refractivity contribution in [3.63, 3.8) is 0 Å². The third-order valence-corrected chi connectivity index (χ3v) is 6.90. The van der Waals surface area contributed by atoms with Crippen LogP contribution in [-0.2, 0) is 26.0 Å². The van der Waals surface area contributed by atoms with E-state index in [0.29, 0.717) is 12.8 Å². The zero-order valence-corrected chi connectivity index (χ0v) is 22.1. The molecule has 34 heavy (non-hydrogen) atoms. The molecule has 1 unspecified atom stereocenters. The summed E-state index contributed by atoms with van der Waals surface area (Å²) in [6.45, 7) is 7.81. The Labute approximate surface area is 204 Å². The van der Waals surface area contributed by atoms with E-state index in [2.05, 4.69) is 16.0 Å². The highest BCUT2D eigenvalue weighted by Crippen LogP contribution is 2.14. The number of hydrogen-bond acceptors (Lipinski definition) is 6. The first-order chi connectivity index (χ1) is 15.9. The molecule has 194 valence electrons. The van der Waals surface area contributed by atoms with Crippen LogP contribution in [0.15, 0.2) is 30.3 Å². The summed E-state index contributed by atoms with van der Waals surface area (Å²) in [4.78, 5) is 25.4. The molecule has 10 heteroatoms. The van der Waals surface area contributed by atoms with Crippen LogP contribution in [0.4, 0.5) is 0 Å². The Morgan fingerprint density at radius 2 is 1.68 bits per heavy atom. The highest BCUT2D eigenvalue weighted by molar-refractivity contribution is 7.88. The fourth-order valence-corrected chi connectivity index (χ4v) is 4.59. The number of aliphatic hydroxyl groups excluding tert-OH is 1. The van der Waals surface area contributed by atoms with Gasteiger partial charge in [0.1, 0.15) is 6.04 Å². The Kier molecular flexibility index (Phi) is 12.7. The van der Waals surface area contributed by atoms with Crippen LogP contribution in [-0.4, -0.2) is 80.8 Å². The van der Waals surface area contributed by atoms with Gasteiger partial charge in [-0.3, -0.25) is 9.59 Å². The lowest BCUT2D eigenvalue weighted by molar-refractivity contribution is -0.130. The van der Waals surface area contributed by atoms with Gasteiger partial charge in [-0.2, -0.15) is 4.31 Å². The topological polar surface area (TPSA) is 128 Å². The third-order valence-electron chi connectivity index (χ3n) is 5.67. The monoisotopic (exact) mass is 498 g/mol. The van der Waals surface area contributed by atoms with Crippen LogP contribution >= 0.6 is 0 Å². The molecule has 0 radical (unpaired) electrons. The second kappa shape index (κ2) is 14.4. The molecule has 1 aromatic rings. The number of carbonyl (C=O) groups excluding carboxylic acids is 2. The van der Waals surface area contributed by atoms with E-state index in [4.69, 9.17) is 0 Å². The van der Waals surface area contributed by atoms with E-state index < -0.39 is 34.1 Å². The lowest BCUT2D eigenvalue weighted by atomic mass is 9.96. The number of aliphatic hydroxyl groups is 1. The molecule has 0 saturated heterocycles. The molecule has 4 atom stereocenters. The summed E-state index contributed by atoms with van der Waals surface area (Å²) in [5, 5.41) is 19.5. The van der Waals surface area contributed by atoms with Gasteiger partial charge in [0.15, 0.2) is 0 Å². The smallest absolute Gasteiger partial charge is 0.243 e. The van der Waals surface area contributed by atoms with Crippen LogP contribution in [0, 0.1) is 11.8 Å². The fraction of sp³-hybridized carbons (Fsp3) is 0.667. The minimum absolute atomic E-state index is 0.0706. The lowest BCUT2D eigenvalue weighted by Crippen LogP contribution is -2.57. The van der Waals surface area contributed by atoms with Gasteiger partial charge < -0.3 is 21.1 Å². The van der Waals surface area contributed by atoms with Gasteiger partial charge in [0.2, 0.25) is 21.8 Å². The molecule has 0 fully saturated rings. The molecule has 0 heterocycles. The Morgan fingerprint density at radius 1 is 1.06 bits per heavy atom. The van der Waals surface area contributed by atoms with Crippen LogP contribution in [0.2, 0.25) is 0 Å². The number of benzene rings is 1. The van der Waals surface area contributed by atoms with Crippen molar-refractivity contribution in [1.29, 1.82) is 0 Å². The largest absolute Gasteiger partial charge is 0.390 e. The number of hydrogen-bond donors (Lipinski definition) is 4. The average molecular weight is 499 g/mol.